The number of halogens is 1. The largest absolute Gasteiger partial charge is 0.481 e. The first kappa shape index (κ1) is 19.8. The van der Waals surface area contributed by atoms with Crippen LogP contribution in [-0.2, 0) is 4.79 Å². The highest BCUT2D eigenvalue weighted by molar-refractivity contribution is 6.34. The number of carboxylic acid groups (broad SMARTS) is 1. The van der Waals surface area contributed by atoms with E-state index in [0.29, 0.717) is 5.69 Å². The minimum Gasteiger partial charge on any atom is -0.481 e. The number of nitrogens with one attached hydrogen (secondary N) is 3. The first-order chi connectivity index (χ1) is 11.0. The van der Waals surface area contributed by atoms with Crippen LogP contribution in [0.4, 0.5) is 10.5 Å². The van der Waals surface area contributed by atoms with Crippen molar-refractivity contribution in [2.45, 2.75) is 33.2 Å². The van der Waals surface area contributed by atoms with Crippen molar-refractivity contribution in [2.24, 2.45) is 5.92 Å². The van der Waals surface area contributed by atoms with E-state index < -0.39 is 29.4 Å². The van der Waals surface area contributed by atoms with Gasteiger partial charge >= 0.3 is 12.0 Å². The van der Waals surface area contributed by atoms with Crippen LogP contribution in [0.25, 0.3) is 0 Å². The fraction of sp³-hybridized carbons (Fsp3) is 0.438. The maximum atomic E-state index is 12.1. The van der Waals surface area contributed by atoms with Gasteiger partial charge in [0.15, 0.2) is 0 Å². The number of carbonyl (C=O) groups excluding carboxylic acids is 2. The first-order valence-electron chi connectivity index (χ1n) is 7.39. The van der Waals surface area contributed by atoms with Crippen LogP contribution in [0.5, 0.6) is 0 Å². The summed E-state index contributed by atoms with van der Waals surface area (Å²) in [5.74, 6) is -2.23. The molecule has 0 aromatic heterocycles. The van der Waals surface area contributed by atoms with E-state index in [9.17, 15) is 14.4 Å². The lowest BCUT2D eigenvalue weighted by Gasteiger charge is -2.21. The second-order valence-electron chi connectivity index (χ2n) is 6.47. The second-order valence-corrected chi connectivity index (χ2v) is 6.88. The number of aliphatic carboxylic acids is 1. The molecular formula is C16H22ClN3O4. The van der Waals surface area contributed by atoms with Gasteiger partial charge in [-0.1, -0.05) is 18.5 Å². The molecule has 1 rings (SSSR count). The Kier molecular flexibility index (Phi) is 6.60. The van der Waals surface area contributed by atoms with E-state index in [1.807, 2.05) is 20.8 Å². The molecule has 0 heterocycles. The first-order valence-corrected chi connectivity index (χ1v) is 7.77. The summed E-state index contributed by atoms with van der Waals surface area (Å²) in [6.45, 7) is 7.00. The number of urea groups is 1. The topological polar surface area (TPSA) is 108 Å². The van der Waals surface area contributed by atoms with Crippen LogP contribution in [0.15, 0.2) is 18.2 Å². The monoisotopic (exact) mass is 355 g/mol. The fourth-order valence-electron chi connectivity index (χ4n) is 1.71. The van der Waals surface area contributed by atoms with Gasteiger partial charge in [-0.05, 0) is 39.0 Å². The molecule has 0 aliphatic carbocycles. The van der Waals surface area contributed by atoms with E-state index in [0.717, 1.165) is 0 Å². The van der Waals surface area contributed by atoms with E-state index in [-0.39, 0.29) is 17.1 Å². The molecule has 0 bridgehead atoms. The third-order valence-corrected chi connectivity index (χ3v) is 3.28. The van der Waals surface area contributed by atoms with Crippen LogP contribution < -0.4 is 16.0 Å². The highest BCUT2D eigenvalue weighted by Gasteiger charge is 2.17. The van der Waals surface area contributed by atoms with Gasteiger partial charge in [-0.3, -0.25) is 9.59 Å². The Labute approximate surface area is 145 Å². The minimum absolute atomic E-state index is 0.0212. The molecule has 3 amide bonds. The van der Waals surface area contributed by atoms with Crippen LogP contribution >= 0.6 is 11.6 Å². The SMILES string of the molecule is CC(CNC(=O)c1cc(NC(=O)NC(C)(C)C)ccc1Cl)C(=O)O. The van der Waals surface area contributed by atoms with Gasteiger partial charge in [0, 0.05) is 17.8 Å². The maximum Gasteiger partial charge on any atom is 0.319 e. The number of anilines is 1. The predicted molar refractivity (Wildman–Crippen MR) is 92.5 cm³/mol. The average molecular weight is 356 g/mol. The Bertz CT molecular complexity index is 641. The van der Waals surface area contributed by atoms with Gasteiger partial charge in [-0.25, -0.2) is 4.79 Å². The van der Waals surface area contributed by atoms with E-state index in [1.165, 1.54) is 19.1 Å². The summed E-state index contributed by atoms with van der Waals surface area (Å²) in [5.41, 5.74) is 0.157. The van der Waals surface area contributed by atoms with E-state index in [4.69, 9.17) is 16.7 Å². The Morgan fingerprint density at radius 2 is 1.88 bits per heavy atom. The van der Waals surface area contributed by atoms with Crippen LogP contribution in [0.3, 0.4) is 0 Å². The van der Waals surface area contributed by atoms with Crippen molar-refractivity contribution < 1.29 is 19.5 Å². The zero-order valence-electron chi connectivity index (χ0n) is 14.1. The van der Waals surface area contributed by atoms with Crippen LogP contribution in [0.1, 0.15) is 38.1 Å². The second kappa shape index (κ2) is 8.01. The zero-order valence-corrected chi connectivity index (χ0v) is 14.8. The summed E-state index contributed by atoms with van der Waals surface area (Å²) >= 11 is 6.01. The van der Waals surface area contributed by atoms with Gasteiger partial charge in [0.2, 0.25) is 0 Å². The number of benzene rings is 1. The van der Waals surface area contributed by atoms with Gasteiger partial charge in [0.1, 0.15) is 0 Å². The van der Waals surface area contributed by atoms with Gasteiger partial charge < -0.3 is 21.1 Å². The van der Waals surface area contributed by atoms with E-state index in [1.54, 1.807) is 6.07 Å². The summed E-state index contributed by atoms with van der Waals surface area (Å²) in [7, 11) is 0. The number of rotatable bonds is 5. The summed E-state index contributed by atoms with van der Waals surface area (Å²) in [4.78, 5) is 34.8. The summed E-state index contributed by atoms with van der Waals surface area (Å²) in [6.07, 6.45) is 0. The number of amides is 3. The van der Waals surface area contributed by atoms with Gasteiger partial charge in [-0.2, -0.15) is 0 Å². The van der Waals surface area contributed by atoms with Crippen molar-refractivity contribution in [3.05, 3.63) is 28.8 Å². The van der Waals surface area contributed by atoms with Crippen LogP contribution in [0.2, 0.25) is 5.02 Å². The third-order valence-electron chi connectivity index (χ3n) is 2.95. The van der Waals surface area contributed by atoms with Crippen molar-refractivity contribution in [3.8, 4) is 0 Å². The van der Waals surface area contributed by atoms with Gasteiger partial charge in [0.05, 0.1) is 16.5 Å². The molecule has 24 heavy (non-hydrogen) atoms. The molecule has 0 saturated heterocycles. The Morgan fingerprint density at radius 3 is 2.42 bits per heavy atom. The quantitative estimate of drug-likeness (QED) is 0.651. The van der Waals surface area contributed by atoms with E-state index in [2.05, 4.69) is 16.0 Å². The van der Waals surface area contributed by atoms with Gasteiger partial charge in [0.25, 0.3) is 5.91 Å². The number of carbonyl (C=O) groups is 3. The smallest absolute Gasteiger partial charge is 0.319 e. The molecule has 4 N–H and O–H groups in total. The molecule has 0 aliphatic heterocycles. The van der Waals surface area contributed by atoms with Crippen molar-refractivity contribution in [1.29, 1.82) is 0 Å². The fourth-order valence-corrected chi connectivity index (χ4v) is 1.91. The molecule has 0 aliphatic rings. The zero-order chi connectivity index (χ0) is 18.5. The molecule has 132 valence electrons. The molecule has 7 nitrogen and oxygen atoms in total. The molecule has 8 heteroatoms. The molecule has 1 aromatic rings. The Morgan fingerprint density at radius 1 is 1.25 bits per heavy atom. The minimum atomic E-state index is -1.00. The number of carboxylic acids is 1. The maximum absolute atomic E-state index is 12.1. The highest BCUT2D eigenvalue weighted by Crippen LogP contribution is 2.21. The van der Waals surface area contributed by atoms with Crippen molar-refractivity contribution in [2.75, 3.05) is 11.9 Å². The lowest BCUT2D eigenvalue weighted by atomic mass is 10.1. The predicted octanol–water partition coefficient (Wildman–Crippen LogP) is 2.71. The molecule has 0 spiro atoms. The van der Waals surface area contributed by atoms with Crippen molar-refractivity contribution >= 4 is 35.2 Å². The molecule has 1 unspecified atom stereocenters. The summed E-state index contributed by atoms with van der Waals surface area (Å²) < 4.78 is 0. The normalized spacial score (nSPS) is 12.2. The van der Waals surface area contributed by atoms with E-state index >= 15 is 0 Å². The highest BCUT2D eigenvalue weighted by atomic mass is 35.5. The molecule has 1 atom stereocenters. The van der Waals surface area contributed by atoms with Crippen molar-refractivity contribution in [1.82, 2.24) is 10.6 Å². The third kappa shape index (κ3) is 6.45. The number of hydrogen-bond donors (Lipinski definition) is 4. The summed E-state index contributed by atoms with van der Waals surface area (Å²) in [5, 5.41) is 16.9. The van der Waals surface area contributed by atoms with Crippen LogP contribution in [0, 0.1) is 5.92 Å². The molecule has 0 fully saturated rings. The van der Waals surface area contributed by atoms with Crippen molar-refractivity contribution in [3.63, 3.8) is 0 Å². The average Bonchev–Trinajstić information content (AvgIpc) is 2.44. The lowest BCUT2D eigenvalue weighted by Crippen LogP contribution is -2.43. The van der Waals surface area contributed by atoms with Crippen LogP contribution in [-0.4, -0.2) is 35.1 Å². The molecular weight excluding hydrogens is 334 g/mol. The lowest BCUT2D eigenvalue weighted by molar-refractivity contribution is -0.140. The Balaban J connectivity index is 2.80. The van der Waals surface area contributed by atoms with Gasteiger partial charge in [-0.15, -0.1) is 0 Å². The molecule has 0 saturated carbocycles. The molecule has 0 radical (unpaired) electrons. The molecule has 1 aromatic carbocycles. The summed E-state index contributed by atoms with van der Waals surface area (Å²) in [6, 6.07) is 4.09. The number of hydrogen-bond acceptors (Lipinski definition) is 3. The standard InChI is InChI=1S/C16H22ClN3O4/c1-9(14(22)23)8-18-13(21)11-7-10(5-6-12(11)17)19-15(24)20-16(2,3)4/h5-7,9H,8H2,1-4H3,(H,18,21)(H,22,23)(H2,19,20,24). The Hall–Kier alpha value is -2.28.